The molecule has 2 aliphatic rings. The molecule has 18 heavy (non-hydrogen) atoms. The van der Waals surface area contributed by atoms with Gasteiger partial charge in [-0.2, -0.15) is 0 Å². The van der Waals surface area contributed by atoms with Crippen molar-refractivity contribution in [1.29, 1.82) is 0 Å². The van der Waals surface area contributed by atoms with Crippen molar-refractivity contribution in [2.75, 3.05) is 13.2 Å². The molecule has 3 nitrogen and oxygen atoms in total. The maximum Gasteiger partial charge on any atom is 0.0474 e. The van der Waals surface area contributed by atoms with E-state index in [-0.39, 0.29) is 5.54 Å². The average molecular weight is 254 g/mol. The maximum atomic E-state index is 9.47. The third-order valence-corrected chi connectivity index (χ3v) is 5.43. The summed E-state index contributed by atoms with van der Waals surface area (Å²) in [6.45, 7) is 3.37. The van der Waals surface area contributed by atoms with Crippen LogP contribution < -0.4 is 11.1 Å². The van der Waals surface area contributed by atoms with Gasteiger partial charge in [-0.25, -0.2) is 0 Å². The zero-order chi connectivity index (χ0) is 13.0. The third kappa shape index (κ3) is 2.73. The highest BCUT2D eigenvalue weighted by molar-refractivity contribution is 5.01. The first-order chi connectivity index (χ1) is 8.75. The Morgan fingerprint density at radius 2 is 2.06 bits per heavy atom. The molecule has 2 aliphatic carbocycles. The van der Waals surface area contributed by atoms with E-state index in [0.717, 1.165) is 12.5 Å². The molecule has 0 radical (unpaired) electrons. The van der Waals surface area contributed by atoms with E-state index in [1.807, 2.05) is 0 Å². The molecule has 0 aromatic heterocycles. The van der Waals surface area contributed by atoms with Gasteiger partial charge in [-0.1, -0.05) is 32.6 Å². The number of aliphatic hydroxyl groups is 1. The molecule has 4 unspecified atom stereocenters. The van der Waals surface area contributed by atoms with Crippen LogP contribution in [0.4, 0.5) is 0 Å². The van der Waals surface area contributed by atoms with Crippen molar-refractivity contribution in [3.63, 3.8) is 0 Å². The van der Waals surface area contributed by atoms with E-state index >= 15 is 0 Å². The molecule has 106 valence electrons. The first-order valence-corrected chi connectivity index (χ1v) is 7.84. The molecule has 0 saturated heterocycles. The van der Waals surface area contributed by atoms with Crippen LogP contribution in [-0.4, -0.2) is 29.8 Å². The third-order valence-electron chi connectivity index (χ3n) is 5.43. The molecule has 2 rings (SSSR count). The highest BCUT2D eigenvalue weighted by Gasteiger charge is 2.41. The summed E-state index contributed by atoms with van der Waals surface area (Å²) in [7, 11) is 0. The Kier molecular flexibility index (Phi) is 5.05. The highest BCUT2D eigenvalue weighted by Crippen LogP contribution is 2.38. The van der Waals surface area contributed by atoms with Crippen molar-refractivity contribution in [3.05, 3.63) is 0 Å². The number of nitrogens with one attached hydrogen (secondary N) is 1. The molecule has 0 aliphatic heterocycles. The van der Waals surface area contributed by atoms with E-state index in [2.05, 4.69) is 12.2 Å². The van der Waals surface area contributed by atoms with Crippen LogP contribution in [0.5, 0.6) is 0 Å². The van der Waals surface area contributed by atoms with E-state index in [9.17, 15) is 5.11 Å². The van der Waals surface area contributed by atoms with Gasteiger partial charge in [0.1, 0.15) is 0 Å². The van der Waals surface area contributed by atoms with Crippen LogP contribution in [0.3, 0.4) is 0 Å². The molecule has 0 aromatic carbocycles. The second kappa shape index (κ2) is 6.36. The van der Waals surface area contributed by atoms with Crippen molar-refractivity contribution in [2.45, 2.75) is 69.9 Å². The molecule has 2 saturated carbocycles. The number of hydrogen-bond acceptors (Lipinski definition) is 3. The number of hydrogen-bond donors (Lipinski definition) is 3. The lowest BCUT2D eigenvalue weighted by Gasteiger charge is -2.46. The second-order valence-electron chi connectivity index (χ2n) is 6.34. The SMILES string of the molecule is CCC1CCCCC1(CN)NC1CCCC1CO. The molecular formula is C15H30N2O. The monoisotopic (exact) mass is 254 g/mol. The minimum Gasteiger partial charge on any atom is -0.396 e. The maximum absolute atomic E-state index is 9.47. The Bertz CT molecular complexity index is 259. The van der Waals surface area contributed by atoms with Gasteiger partial charge in [0.15, 0.2) is 0 Å². The Balaban J connectivity index is 2.06. The molecule has 0 heterocycles. The number of rotatable bonds is 5. The topological polar surface area (TPSA) is 58.3 Å². The molecule has 0 spiro atoms. The van der Waals surface area contributed by atoms with Crippen LogP contribution in [0.2, 0.25) is 0 Å². The smallest absolute Gasteiger partial charge is 0.0474 e. The van der Waals surface area contributed by atoms with Gasteiger partial charge in [0.25, 0.3) is 0 Å². The summed E-state index contributed by atoms with van der Waals surface area (Å²) in [5.41, 5.74) is 6.29. The Hall–Kier alpha value is -0.120. The molecule has 4 N–H and O–H groups in total. The lowest BCUT2D eigenvalue weighted by atomic mass is 9.70. The summed E-state index contributed by atoms with van der Waals surface area (Å²) in [5, 5.41) is 13.4. The minimum atomic E-state index is 0.148. The lowest BCUT2D eigenvalue weighted by Crippen LogP contribution is -2.61. The van der Waals surface area contributed by atoms with Gasteiger partial charge < -0.3 is 16.2 Å². The zero-order valence-electron chi connectivity index (χ0n) is 11.8. The van der Waals surface area contributed by atoms with Gasteiger partial charge in [-0.15, -0.1) is 0 Å². The van der Waals surface area contributed by atoms with Gasteiger partial charge in [-0.05, 0) is 37.5 Å². The van der Waals surface area contributed by atoms with Crippen molar-refractivity contribution >= 4 is 0 Å². The van der Waals surface area contributed by atoms with E-state index < -0.39 is 0 Å². The van der Waals surface area contributed by atoms with E-state index in [1.165, 1.54) is 51.4 Å². The minimum absolute atomic E-state index is 0.148. The fraction of sp³-hybridized carbons (Fsp3) is 1.00. The first-order valence-electron chi connectivity index (χ1n) is 7.84. The second-order valence-corrected chi connectivity index (χ2v) is 6.34. The summed E-state index contributed by atoms with van der Waals surface area (Å²) >= 11 is 0. The molecule has 0 bridgehead atoms. The lowest BCUT2D eigenvalue weighted by molar-refractivity contribution is 0.106. The highest BCUT2D eigenvalue weighted by atomic mass is 16.3. The predicted octanol–water partition coefficient (Wildman–Crippen LogP) is 2.03. The summed E-state index contributed by atoms with van der Waals surface area (Å²) in [5.74, 6) is 1.17. The Morgan fingerprint density at radius 1 is 1.22 bits per heavy atom. The van der Waals surface area contributed by atoms with Crippen molar-refractivity contribution in [2.24, 2.45) is 17.6 Å². The summed E-state index contributed by atoms with van der Waals surface area (Å²) < 4.78 is 0. The summed E-state index contributed by atoms with van der Waals surface area (Å²) in [6.07, 6.45) is 10.1. The number of aliphatic hydroxyl groups excluding tert-OH is 1. The van der Waals surface area contributed by atoms with Gasteiger partial charge in [0.05, 0.1) is 0 Å². The standard InChI is InChI=1S/C15H30N2O/c1-2-13-7-3-4-9-15(13,11-16)17-14-8-5-6-12(14)10-18/h12-14,17-18H,2-11,16H2,1H3. The molecular weight excluding hydrogens is 224 g/mol. The van der Waals surface area contributed by atoms with Crippen molar-refractivity contribution in [3.8, 4) is 0 Å². The van der Waals surface area contributed by atoms with Crippen LogP contribution in [0.1, 0.15) is 58.3 Å². The van der Waals surface area contributed by atoms with E-state index in [4.69, 9.17) is 5.73 Å². The predicted molar refractivity (Wildman–Crippen MR) is 75.4 cm³/mol. The average Bonchev–Trinajstić information content (AvgIpc) is 2.86. The fourth-order valence-electron chi connectivity index (χ4n) is 4.24. The Morgan fingerprint density at radius 3 is 2.72 bits per heavy atom. The molecule has 4 atom stereocenters. The van der Waals surface area contributed by atoms with Gasteiger partial charge in [-0.3, -0.25) is 0 Å². The van der Waals surface area contributed by atoms with Crippen molar-refractivity contribution in [1.82, 2.24) is 5.32 Å². The van der Waals surface area contributed by atoms with E-state index in [1.54, 1.807) is 0 Å². The van der Waals surface area contributed by atoms with Gasteiger partial charge >= 0.3 is 0 Å². The van der Waals surface area contributed by atoms with Gasteiger partial charge in [0, 0.05) is 24.7 Å². The fourth-order valence-corrected chi connectivity index (χ4v) is 4.24. The van der Waals surface area contributed by atoms with Crippen LogP contribution >= 0.6 is 0 Å². The van der Waals surface area contributed by atoms with Crippen molar-refractivity contribution < 1.29 is 5.11 Å². The first kappa shape index (κ1) is 14.3. The molecule has 2 fully saturated rings. The largest absolute Gasteiger partial charge is 0.396 e. The number of nitrogens with two attached hydrogens (primary N) is 1. The summed E-state index contributed by atoms with van der Waals surface area (Å²) in [4.78, 5) is 0. The zero-order valence-corrected chi connectivity index (χ0v) is 11.8. The Labute approximate surface area is 112 Å². The molecule has 0 aromatic rings. The van der Waals surface area contributed by atoms with Gasteiger partial charge in [0.2, 0.25) is 0 Å². The van der Waals surface area contributed by atoms with Crippen LogP contribution in [0, 0.1) is 11.8 Å². The molecule has 3 heteroatoms. The molecule has 0 amide bonds. The quantitative estimate of drug-likeness (QED) is 0.703. The van der Waals surface area contributed by atoms with Crippen LogP contribution in [0.25, 0.3) is 0 Å². The van der Waals surface area contributed by atoms with E-state index in [0.29, 0.717) is 18.6 Å². The summed E-state index contributed by atoms with van der Waals surface area (Å²) in [6, 6.07) is 0.491. The normalized spacial score (nSPS) is 41.2. The van der Waals surface area contributed by atoms with Crippen LogP contribution in [-0.2, 0) is 0 Å². The van der Waals surface area contributed by atoms with Crippen LogP contribution in [0.15, 0.2) is 0 Å².